The zero-order valence-corrected chi connectivity index (χ0v) is 20.1. The second-order valence-corrected chi connectivity index (χ2v) is 12.4. The summed E-state index contributed by atoms with van der Waals surface area (Å²) in [5.74, 6) is 4.54. The molecule has 3 aliphatic carbocycles. The lowest BCUT2D eigenvalue weighted by atomic mass is 9.46. The SMILES string of the molecule is CC(C)CCC[C@@H](C)[C@H]1CC[C@H]2[C@@H]3CC[C@@]4(O)NNC(=O)CC[C@]4(C)[C@H]3CC[C@]12C. The summed E-state index contributed by atoms with van der Waals surface area (Å²) in [6, 6.07) is 0. The molecule has 1 heterocycles. The van der Waals surface area contributed by atoms with Gasteiger partial charge in [-0.1, -0.05) is 53.9 Å². The van der Waals surface area contributed by atoms with Crippen molar-refractivity contribution in [1.82, 2.24) is 10.9 Å². The Balaban J connectivity index is 1.51. The van der Waals surface area contributed by atoms with E-state index in [0.29, 0.717) is 23.7 Å². The van der Waals surface area contributed by atoms with Gasteiger partial charge in [-0.2, -0.15) is 0 Å². The number of nitrogens with one attached hydrogen (secondary N) is 2. The standard InChI is InChI=1S/C26H46N2O2/c1-17(2)7-6-8-18(3)20-9-10-21-19-11-16-26(30)25(5,15-13-23(29)27-28-26)22(19)12-14-24(20,21)4/h17-22,28,30H,6-16H2,1-5H3,(H,27,29)/t18-,19+,20-,21+,22+,24-,25-,26+/m1/s1. The van der Waals surface area contributed by atoms with Crippen LogP contribution in [0.4, 0.5) is 0 Å². The zero-order chi connectivity index (χ0) is 21.7. The summed E-state index contributed by atoms with van der Waals surface area (Å²) in [7, 11) is 0. The van der Waals surface area contributed by atoms with Crippen LogP contribution in [-0.2, 0) is 4.79 Å². The maximum Gasteiger partial charge on any atom is 0.234 e. The monoisotopic (exact) mass is 418 g/mol. The van der Waals surface area contributed by atoms with Crippen LogP contribution >= 0.6 is 0 Å². The van der Waals surface area contributed by atoms with Gasteiger partial charge in [0.25, 0.3) is 0 Å². The van der Waals surface area contributed by atoms with E-state index in [1.165, 1.54) is 44.9 Å². The smallest absolute Gasteiger partial charge is 0.234 e. The number of fused-ring (bicyclic) bond motifs is 5. The highest BCUT2D eigenvalue weighted by molar-refractivity contribution is 5.75. The quantitative estimate of drug-likeness (QED) is 0.559. The molecule has 4 heteroatoms. The molecule has 3 N–H and O–H groups in total. The molecule has 0 aromatic rings. The summed E-state index contributed by atoms with van der Waals surface area (Å²) in [6.45, 7) is 12.1. The lowest BCUT2D eigenvalue weighted by molar-refractivity contribution is -0.205. The van der Waals surface area contributed by atoms with E-state index in [1.807, 2.05) is 0 Å². The number of amides is 1. The molecule has 8 atom stereocenters. The highest BCUT2D eigenvalue weighted by Crippen LogP contribution is 2.67. The largest absolute Gasteiger partial charge is 0.374 e. The minimum atomic E-state index is -0.962. The first kappa shape index (κ1) is 22.6. The highest BCUT2D eigenvalue weighted by Gasteiger charge is 2.64. The van der Waals surface area contributed by atoms with E-state index >= 15 is 0 Å². The Morgan fingerprint density at radius 1 is 1.00 bits per heavy atom. The predicted octanol–water partition coefficient (Wildman–Crippen LogP) is 5.41. The van der Waals surface area contributed by atoms with Gasteiger partial charge < -0.3 is 5.11 Å². The van der Waals surface area contributed by atoms with Gasteiger partial charge in [0.05, 0.1) is 0 Å². The minimum absolute atomic E-state index is 0.0207. The van der Waals surface area contributed by atoms with Gasteiger partial charge in [-0.3, -0.25) is 10.2 Å². The summed E-state index contributed by atoms with van der Waals surface area (Å²) >= 11 is 0. The fraction of sp³-hybridized carbons (Fsp3) is 0.962. The third kappa shape index (κ3) is 3.54. The molecule has 0 unspecified atom stereocenters. The first-order chi connectivity index (χ1) is 14.1. The van der Waals surface area contributed by atoms with Crippen LogP contribution in [-0.4, -0.2) is 16.7 Å². The molecule has 1 saturated heterocycles. The number of rotatable bonds is 5. The van der Waals surface area contributed by atoms with E-state index in [1.54, 1.807) is 0 Å². The van der Waals surface area contributed by atoms with E-state index in [0.717, 1.165) is 42.9 Å². The maximum atomic E-state index is 12.1. The molecule has 4 fully saturated rings. The number of hydrogen-bond acceptors (Lipinski definition) is 3. The second kappa shape index (κ2) is 8.06. The van der Waals surface area contributed by atoms with Crippen molar-refractivity contribution < 1.29 is 9.90 Å². The van der Waals surface area contributed by atoms with Gasteiger partial charge in [-0.15, -0.1) is 0 Å². The van der Waals surface area contributed by atoms with Crippen LogP contribution in [0.2, 0.25) is 0 Å². The summed E-state index contributed by atoms with van der Waals surface area (Å²) in [4.78, 5) is 12.1. The van der Waals surface area contributed by atoms with Crippen LogP contribution in [0, 0.1) is 46.3 Å². The van der Waals surface area contributed by atoms with E-state index in [9.17, 15) is 9.90 Å². The van der Waals surface area contributed by atoms with Crippen LogP contribution in [0.3, 0.4) is 0 Å². The third-order valence-corrected chi connectivity index (χ3v) is 10.5. The molecular weight excluding hydrogens is 372 g/mol. The Labute approximate surface area is 184 Å². The molecule has 1 aliphatic heterocycles. The average molecular weight is 419 g/mol. The third-order valence-electron chi connectivity index (χ3n) is 10.5. The Bertz CT molecular complexity index is 651. The van der Waals surface area contributed by atoms with Crippen molar-refractivity contribution in [2.24, 2.45) is 46.3 Å². The number of hydrazine groups is 1. The minimum Gasteiger partial charge on any atom is -0.374 e. The van der Waals surface area contributed by atoms with Crippen molar-refractivity contribution in [3.8, 4) is 0 Å². The van der Waals surface area contributed by atoms with Gasteiger partial charge in [-0.25, -0.2) is 5.43 Å². The number of hydrogen-bond donors (Lipinski definition) is 3. The summed E-state index contributed by atoms with van der Waals surface area (Å²) in [6.07, 6.45) is 12.6. The van der Waals surface area contributed by atoms with Crippen LogP contribution in [0.5, 0.6) is 0 Å². The fourth-order valence-electron chi connectivity index (χ4n) is 8.68. The molecule has 4 aliphatic rings. The van der Waals surface area contributed by atoms with Crippen LogP contribution in [0.1, 0.15) is 105 Å². The van der Waals surface area contributed by atoms with Gasteiger partial charge in [0.1, 0.15) is 5.72 Å². The van der Waals surface area contributed by atoms with Gasteiger partial charge in [-0.05, 0) is 85.9 Å². The lowest BCUT2D eigenvalue weighted by Crippen LogP contribution is -2.67. The van der Waals surface area contributed by atoms with Crippen molar-refractivity contribution >= 4 is 5.91 Å². The van der Waals surface area contributed by atoms with E-state index in [-0.39, 0.29) is 11.3 Å². The number of aliphatic hydroxyl groups is 1. The number of carbonyl (C=O) groups excluding carboxylic acids is 1. The molecule has 0 aromatic heterocycles. The van der Waals surface area contributed by atoms with Crippen molar-refractivity contribution in [2.75, 3.05) is 0 Å². The number of carbonyl (C=O) groups is 1. The Morgan fingerprint density at radius 3 is 2.50 bits per heavy atom. The van der Waals surface area contributed by atoms with E-state index in [4.69, 9.17) is 0 Å². The molecular formula is C26H46N2O2. The van der Waals surface area contributed by atoms with Gasteiger partial charge in [0.15, 0.2) is 0 Å². The normalized spacial score (nSPS) is 47.1. The van der Waals surface area contributed by atoms with Crippen molar-refractivity contribution in [3.63, 3.8) is 0 Å². The summed E-state index contributed by atoms with van der Waals surface area (Å²) < 4.78 is 0. The Kier molecular flexibility index (Phi) is 6.07. The molecule has 0 bridgehead atoms. The van der Waals surface area contributed by atoms with Crippen molar-refractivity contribution in [1.29, 1.82) is 0 Å². The topological polar surface area (TPSA) is 61.4 Å². The first-order valence-corrected chi connectivity index (χ1v) is 12.9. The molecule has 3 saturated carbocycles. The fourth-order valence-corrected chi connectivity index (χ4v) is 8.68. The van der Waals surface area contributed by atoms with Crippen LogP contribution < -0.4 is 10.9 Å². The molecule has 4 rings (SSSR count). The highest BCUT2D eigenvalue weighted by atomic mass is 16.3. The zero-order valence-electron chi connectivity index (χ0n) is 20.1. The van der Waals surface area contributed by atoms with Gasteiger partial charge >= 0.3 is 0 Å². The predicted molar refractivity (Wildman–Crippen MR) is 121 cm³/mol. The molecule has 4 nitrogen and oxygen atoms in total. The molecule has 0 radical (unpaired) electrons. The maximum absolute atomic E-state index is 12.1. The lowest BCUT2D eigenvalue weighted by Gasteiger charge is -2.61. The van der Waals surface area contributed by atoms with Gasteiger partial charge in [0, 0.05) is 11.8 Å². The summed E-state index contributed by atoms with van der Waals surface area (Å²) in [5.41, 5.74) is 5.12. The molecule has 1 amide bonds. The molecule has 30 heavy (non-hydrogen) atoms. The van der Waals surface area contributed by atoms with Crippen molar-refractivity contribution in [3.05, 3.63) is 0 Å². The second-order valence-electron chi connectivity index (χ2n) is 12.4. The first-order valence-electron chi connectivity index (χ1n) is 12.9. The average Bonchev–Trinajstić information content (AvgIpc) is 2.99. The van der Waals surface area contributed by atoms with E-state index < -0.39 is 5.72 Å². The molecule has 0 spiro atoms. The van der Waals surface area contributed by atoms with Gasteiger partial charge in [0.2, 0.25) is 5.91 Å². The van der Waals surface area contributed by atoms with E-state index in [2.05, 4.69) is 45.5 Å². The summed E-state index contributed by atoms with van der Waals surface area (Å²) in [5, 5.41) is 11.5. The Hall–Kier alpha value is -0.610. The molecule has 172 valence electrons. The molecule has 0 aromatic carbocycles. The Morgan fingerprint density at radius 2 is 1.77 bits per heavy atom. The van der Waals surface area contributed by atoms with Crippen LogP contribution in [0.25, 0.3) is 0 Å². The van der Waals surface area contributed by atoms with Crippen molar-refractivity contribution in [2.45, 2.75) is 111 Å². The van der Waals surface area contributed by atoms with Crippen LogP contribution in [0.15, 0.2) is 0 Å².